The molecular formula is C15H20N4OS. The smallest absolute Gasteiger partial charge is 0.190 e. The van der Waals surface area contributed by atoms with E-state index in [0.29, 0.717) is 12.1 Å². The number of azo groups is 1. The molecule has 0 aliphatic heterocycles. The molecule has 0 saturated heterocycles. The lowest BCUT2D eigenvalue weighted by molar-refractivity contribution is 0.0799. The maximum atomic E-state index is 10.2. The Labute approximate surface area is 130 Å². The summed E-state index contributed by atoms with van der Waals surface area (Å²) in [5.41, 5.74) is 6.44. The lowest BCUT2D eigenvalue weighted by Gasteiger charge is -2.37. The van der Waals surface area contributed by atoms with Gasteiger partial charge < -0.3 is 10.0 Å². The van der Waals surface area contributed by atoms with Crippen molar-refractivity contribution in [1.29, 1.82) is 0 Å². The Balaban J connectivity index is 2.30. The first kappa shape index (κ1) is 15.8. The van der Waals surface area contributed by atoms with Crippen LogP contribution in [-0.4, -0.2) is 34.7 Å². The summed E-state index contributed by atoms with van der Waals surface area (Å²) in [5.74, 6) is 0. The molecule has 0 heterocycles. The number of hydrogen-bond donors (Lipinski definition) is 3. The zero-order valence-corrected chi connectivity index (χ0v) is 13.0. The molecule has 1 aliphatic carbocycles. The van der Waals surface area contributed by atoms with E-state index in [1.807, 2.05) is 61.5 Å². The number of nitrogens with two attached hydrogens (primary N) is 1. The van der Waals surface area contributed by atoms with E-state index in [9.17, 15) is 5.11 Å². The molecule has 1 aliphatic rings. The second kappa shape index (κ2) is 6.01. The van der Waals surface area contributed by atoms with Crippen LogP contribution in [0.5, 0.6) is 0 Å². The van der Waals surface area contributed by atoms with Crippen LogP contribution in [0.3, 0.4) is 0 Å². The average Bonchev–Trinajstić information content (AvgIpc) is 2.45. The fourth-order valence-electron chi connectivity index (χ4n) is 2.01. The Bertz CT molecular complexity index is 575. The molecule has 0 bridgehead atoms. The molecule has 1 aromatic carbocycles. The molecule has 0 amide bonds. The highest BCUT2D eigenvalue weighted by Crippen LogP contribution is 2.36. The minimum atomic E-state index is -1.80. The third-order valence-electron chi connectivity index (χ3n) is 3.41. The topological polar surface area (TPSA) is 74.2 Å². The fraction of sp³-hybridized carbons (Fsp3) is 0.333. The van der Waals surface area contributed by atoms with Gasteiger partial charge in [0.1, 0.15) is 0 Å². The van der Waals surface area contributed by atoms with Crippen LogP contribution in [0.15, 0.2) is 64.5 Å². The molecule has 0 fully saturated rings. The van der Waals surface area contributed by atoms with Crippen LogP contribution in [0.2, 0.25) is 0 Å². The number of allylic oxidation sites excluding steroid dienone is 1. The molecule has 1 aromatic rings. The number of thiol groups is 1. The van der Waals surface area contributed by atoms with Gasteiger partial charge in [0.25, 0.3) is 0 Å². The molecule has 3 N–H and O–H groups in total. The molecule has 0 aromatic heterocycles. The SMILES string of the molecule is CN(C)C1=CC[C@@](N=Nc2ccccc2)([C@](N)(O)S)C=C1. The molecule has 2 rings (SSSR count). The Morgan fingerprint density at radius 2 is 2.00 bits per heavy atom. The van der Waals surface area contributed by atoms with Crippen molar-refractivity contribution in [3.05, 3.63) is 54.3 Å². The van der Waals surface area contributed by atoms with E-state index in [1.54, 1.807) is 6.08 Å². The summed E-state index contributed by atoms with van der Waals surface area (Å²) in [4.78, 5) is 1.98. The van der Waals surface area contributed by atoms with E-state index in [0.717, 1.165) is 5.70 Å². The minimum Gasteiger partial charge on any atom is -0.378 e. The first-order chi connectivity index (χ1) is 9.84. The van der Waals surface area contributed by atoms with Crippen molar-refractivity contribution in [2.75, 3.05) is 14.1 Å². The molecule has 112 valence electrons. The van der Waals surface area contributed by atoms with Crippen LogP contribution in [0.25, 0.3) is 0 Å². The molecule has 0 unspecified atom stereocenters. The van der Waals surface area contributed by atoms with Gasteiger partial charge in [-0.3, -0.25) is 5.73 Å². The summed E-state index contributed by atoms with van der Waals surface area (Å²) in [6, 6.07) is 9.31. The van der Waals surface area contributed by atoms with Crippen LogP contribution in [0, 0.1) is 0 Å². The Morgan fingerprint density at radius 1 is 1.33 bits per heavy atom. The number of aliphatic hydroxyl groups is 1. The Hall–Kier alpha value is -1.63. The summed E-state index contributed by atoms with van der Waals surface area (Å²) in [5, 5.41) is 16.8. The Kier molecular flexibility index (Phi) is 4.51. The summed E-state index contributed by atoms with van der Waals surface area (Å²) < 4.78 is 0. The van der Waals surface area contributed by atoms with E-state index in [-0.39, 0.29) is 0 Å². The third kappa shape index (κ3) is 3.53. The molecular weight excluding hydrogens is 284 g/mol. The van der Waals surface area contributed by atoms with Crippen molar-refractivity contribution in [3.8, 4) is 0 Å². The maximum Gasteiger partial charge on any atom is 0.190 e. The quantitative estimate of drug-likeness (QED) is 0.454. The van der Waals surface area contributed by atoms with Gasteiger partial charge in [-0.05, 0) is 24.3 Å². The number of nitrogens with zero attached hydrogens (tertiary/aromatic N) is 3. The van der Waals surface area contributed by atoms with E-state index in [4.69, 9.17) is 5.73 Å². The second-order valence-corrected chi connectivity index (χ2v) is 5.93. The fourth-order valence-corrected chi connectivity index (χ4v) is 2.22. The third-order valence-corrected chi connectivity index (χ3v) is 3.79. The summed E-state index contributed by atoms with van der Waals surface area (Å²) in [6.45, 7) is 0. The zero-order valence-electron chi connectivity index (χ0n) is 12.1. The summed E-state index contributed by atoms with van der Waals surface area (Å²) in [7, 11) is 3.90. The molecule has 0 radical (unpaired) electrons. The van der Waals surface area contributed by atoms with Gasteiger partial charge >= 0.3 is 0 Å². The molecule has 0 saturated carbocycles. The van der Waals surface area contributed by atoms with E-state index < -0.39 is 10.6 Å². The molecule has 2 atom stereocenters. The summed E-state index contributed by atoms with van der Waals surface area (Å²) in [6.07, 6.45) is 5.99. The molecule has 5 nitrogen and oxygen atoms in total. The highest BCUT2D eigenvalue weighted by atomic mass is 32.1. The van der Waals surface area contributed by atoms with Gasteiger partial charge in [0, 0.05) is 26.2 Å². The average molecular weight is 304 g/mol. The first-order valence-electron chi connectivity index (χ1n) is 6.62. The van der Waals surface area contributed by atoms with Gasteiger partial charge in [-0.25, -0.2) is 0 Å². The van der Waals surface area contributed by atoms with Crippen molar-refractivity contribution < 1.29 is 5.11 Å². The Morgan fingerprint density at radius 3 is 2.48 bits per heavy atom. The van der Waals surface area contributed by atoms with E-state index in [2.05, 4.69) is 22.9 Å². The van der Waals surface area contributed by atoms with Crippen LogP contribution in [-0.2, 0) is 0 Å². The standard InChI is InChI=1S/C15H20N4OS/c1-19(2)13-8-10-14(11-9-13,15(16,20)21)18-17-12-6-4-3-5-7-12/h3-10,20-21H,11,16H2,1-2H3/t14-,15+/m1/s1. The number of benzene rings is 1. The molecule has 0 spiro atoms. The van der Waals surface area contributed by atoms with Gasteiger partial charge in [-0.15, -0.1) is 12.6 Å². The number of rotatable bonds is 4. The van der Waals surface area contributed by atoms with Gasteiger partial charge in [-0.2, -0.15) is 10.2 Å². The van der Waals surface area contributed by atoms with Crippen molar-refractivity contribution in [1.82, 2.24) is 4.90 Å². The van der Waals surface area contributed by atoms with Gasteiger partial charge in [0.2, 0.25) is 0 Å². The van der Waals surface area contributed by atoms with Gasteiger partial charge in [-0.1, -0.05) is 24.3 Å². The normalized spacial score (nSPS) is 24.7. The second-order valence-electron chi connectivity index (χ2n) is 5.25. The van der Waals surface area contributed by atoms with Crippen LogP contribution >= 0.6 is 12.6 Å². The number of likely N-dealkylation sites (N-methyl/N-ethyl adjacent to an activating group) is 1. The van der Waals surface area contributed by atoms with Crippen LogP contribution in [0.1, 0.15) is 6.42 Å². The van der Waals surface area contributed by atoms with Crippen molar-refractivity contribution in [2.45, 2.75) is 17.0 Å². The largest absolute Gasteiger partial charge is 0.378 e. The predicted molar refractivity (Wildman–Crippen MR) is 87.3 cm³/mol. The first-order valence-corrected chi connectivity index (χ1v) is 7.07. The zero-order chi connectivity index (χ0) is 15.5. The lowest BCUT2D eigenvalue weighted by Crippen LogP contribution is -2.54. The van der Waals surface area contributed by atoms with Gasteiger partial charge in [0.15, 0.2) is 10.6 Å². The lowest BCUT2D eigenvalue weighted by atomic mass is 9.89. The maximum absolute atomic E-state index is 10.2. The van der Waals surface area contributed by atoms with Crippen LogP contribution in [0.4, 0.5) is 5.69 Å². The highest BCUT2D eigenvalue weighted by molar-refractivity contribution is 7.81. The molecule has 6 heteroatoms. The molecule has 21 heavy (non-hydrogen) atoms. The minimum absolute atomic E-state index is 0.420. The van der Waals surface area contributed by atoms with Crippen LogP contribution < -0.4 is 5.73 Å². The monoisotopic (exact) mass is 304 g/mol. The number of hydrogen-bond acceptors (Lipinski definition) is 6. The van der Waals surface area contributed by atoms with Gasteiger partial charge in [0.05, 0.1) is 5.69 Å². The summed E-state index contributed by atoms with van der Waals surface area (Å²) >= 11 is 4.10. The van der Waals surface area contributed by atoms with Crippen molar-refractivity contribution >= 4 is 18.3 Å². The van der Waals surface area contributed by atoms with Crippen molar-refractivity contribution in [2.24, 2.45) is 16.0 Å². The highest BCUT2D eigenvalue weighted by Gasteiger charge is 2.45. The van der Waals surface area contributed by atoms with Crippen molar-refractivity contribution in [3.63, 3.8) is 0 Å². The van der Waals surface area contributed by atoms with E-state index >= 15 is 0 Å². The predicted octanol–water partition coefficient (Wildman–Crippen LogP) is 2.45. The van der Waals surface area contributed by atoms with E-state index in [1.165, 1.54) is 0 Å².